The average molecular weight is 166 g/mol. The Morgan fingerprint density at radius 1 is 1.88 bits per heavy atom. The van der Waals surface area contributed by atoms with E-state index in [1.54, 1.807) is 7.87 Å². The van der Waals surface area contributed by atoms with Gasteiger partial charge in [-0.05, 0) is 14.7 Å². The van der Waals surface area contributed by atoms with Gasteiger partial charge in [0.05, 0.1) is 18.2 Å². The van der Waals surface area contributed by atoms with Crippen LogP contribution in [-0.4, -0.2) is 11.7 Å². The van der Waals surface area contributed by atoms with Gasteiger partial charge in [0, 0.05) is 0 Å². The van der Waals surface area contributed by atoms with E-state index in [0.29, 0.717) is 0 Å². The molecule has 0 bridgehead atoms. The Bertz CT molecular complexity index is 165. The first-order valence-electron chi connectivity index (χ1n) is 2.91. The lowest BCUT2D eigenvalue weighted by atomic mass is 10.5. The molecule has 0 saturated carbocycles. The summed E-state index contributed by atoms with van der Waals surface area (Å²) in [7, 11) is 2.96. The summed E-state index contributed by atoms with van der Waals surface area (Å²) in [6.07, 6.45) is 1.20. The van der Waals surface area contributed by atoms with Crippen LogP contribution in [0.3, 0.4) is 0 Å². The average Bonchev–Trinajstić information content (AvgIpc) is 2.45. The summed E-state index contributed by atoms with van der Waals surface area (Å²) in [5.74, 6) is 0. The van der Waals surface area contributed by atoms with E-state index < -0.39 is 6.46 Å². The minimum atomic E-state index is -0.516. The standard InChI is InChI=1S/C4H9OP3/c1-2-3-5-8-4(6-8)7-8/h4,6H,2-3H2,1H3. The van der Waals surface area contributed by atoms with Crippen LogP contribution in [-0.2, 0) is 4.52 Å². The van der Waals surface area contributed by atoms with Crippen molar-refractivity contribution in [2.24, 2.45) is 0 Å². The number of rotatable bonds is 3. The van der Waals surface area contributed by atoms with Gasteiger partial charge in [0.15, 0.2) is 0 Å². The molecule has 2 aliphatic rings. The molecule has 0 aromatic rings. The minimum absolute atomic E-state index is 0.516. The first-order valence-corrected chi connectivity index (χ1v) is 8.27. The van der Waals surface area contributed by atoms with Gasteiger partial charge in [-0.1, -0.05) is 14.8 Å². The third kappa shape index (κ3) is 0.812. The maximum atomic E-state index is 5.67. The normalized spacial score (nSPS) is 52.4. The van der Waals surface area contributed by atoms with Crippen LogP contribution in [0.1, 0.15) is 13.3 Å². The van der Waals surface area contributed by atoms with Crippen LogP contribution in [0.25, 0.3) is 0 Å². The molecule has 0 N–H and O–H groups in total. The highest BCUT2D eigenvalue weighted by Gasteiger charge is 2.59. The summed E-state index contributed by atoms with van der Waals surface area (Å²) in [5.41, 5.74) is 0. The Kier molecular flexibility index (Phi) is 1.32. The number of hydrogen-bond acceptors (Lipinski definition) is 1. The van der Waals surface area contributed by atoms with Crippen molar-refractivity contribution in [3.05, 3.63) is 0 Å². The molecule has 1 nitrogen and oxygen atoms in total. The van der Waals surface area contributed by atoms with Crippen molar-refractivity contribution in [3.63, 3.8) is 0 Å². The lowest BCUT2D eigenvalue weighted by molar-refractivity contribution is 0.363. The zero-order chi connectivity index (χ0) is 5.61. The van der Waals surface area contributed by atoms with Crippen LogP contribution < -0.4 is 0 Å². The quantitative estimate of drug-likeness (QED) is 0.585. The fraction of sp³-hybridized carbons (Fsp3) is 1.00. The predicted molar refractivity (Wildman–Crippen MR) is 42.2 cm³/mol. The molecule has 2 rings (SSSR count). The van der Waals surface area contributed by atoms with Gasteiger partial charge in [-0.3, -0.25) is 0 Å². The molecule has 1 saturated heterocycles. The van der Waals surface area contributed by atoms with Crippen LogP contribution in [0.2, 0.25) is 0 Å². The van der Waals surface area contributed by atoms with E-state index in [4.69, 9.17) is 4.52 Å². The smallest absolute Gasteiger partial charge is 0.0758 e. The number of hydrogen-bond donors (Lipinski definition) is 0. The molecular formula is C4H9OP3. The third-order valence-electron chi connectivity index (χ3n) is 1.28. The Labute approximate surface area is 52.9 Å². The Morgan fingerprint density at radius 3 is 2.88 bits per heavy atom. The topological polar surface area (TPSA) is 9.23 Å². The Hall–Kier alpha value is 1.12. The number of fused-ring (bicyclic) bond motifs is 1. The molecule has 2 heterocycles. The molecular weight excluding hydrogens is 157 g/mol. The van der Waals surface area contributed by atoms with Gasteiger partial charge in [-0.25, -0.2) is 0 Å². The molecule has 2 aliphatic heterocycles. The molecule has 0 aromatic heterocycles. The van der Waals surface area contributed by atoms with E-state index in [-0.39, 0.29) is 0 Å². The van der Waals surface area contributed by atoms with Gasteiger partial charge >= 0.3 is 0 Å². The van der Waals surface area contributed by atoms with Crippen LogP contribution in [0.5, 0.6) is 0 Å². The van der Waals surface area contributed by atoms with Gasteiger partial charge in [0.2, 0.25) is 0 Å². The van der Waals surface area contributed by atoms with Gasteiger partial charge in [0.1, 0.15) is 0 Å². The van der Waals surface area contributed by atoms with Crippen molar-refractivity contribution in [1.29, 1.82) is 0 Å². The molecule has 3 atom stereocenters. The molecule has 0 aliphatic carbocycles. The molecule has 46 valence electrons. The fourth-order valence-electron chi connectivity index (χ4n) is 0.639. The summed E-state index contributed by atoms with van der Waals surface area (Å²) in [4.78, 5) is 0. The van der Waals surface area contributed by atoms with Gasteiger partial charge in [-0.15, -0.1) is 0 Å². The fourth-order valence-corrected chi connectivity index (χ4v) is 12.5. The Balaban J connectivity index is 1.78. The molecule has 0 spiro atoms. The summed E-state index contributed by atoms with van der Waals surface area (Å²) >= 11 is 0. The van der Waals surface area contributed by atoms with Crippen LogP contribution in [0, 0.1) is 0 Å². The van der Waals surface area contributed by atoms with Crippen molar-refractivity contribution in [1.82, 2.24) is 0 Å². The molecule has 0 radical (unpaired) electrons. The highest BCUT2D eigenvalue weighted by Crippen LogP contribution is 3.13. The maximum absolute atomic E-state index is 5.67. The second kappa shape index (κ2) is 1.80. The van der Waals surface area contributed by atoms with Crippen molar-refractivity contribution < 1.29 is 4.52 Å². The monoisotopic (exact) mass is 166 g/mol. The largest absolute Gasteiger partial charge is 0.352 e. The molecule has 1 fully saturated rings. The first-order chi connectivity index (χ1) is 3.87. The van der Waals surface area contributed by atoms with Gasteiger partial charge in [-0.2, -0.15) is 0 Å². The summed E-state index contributed by atoms with van der Waals surface area (Å²) in [6, 6.07) is 0. The van der Waals surface area contributed by atoms with Crippen molar-refractivity contribution >= 4 is 22.6 Å². The minimum Gasteiger partial charge on any atom is -0.352 e. The Morgan fingerprint density at radius 2 is 2.50 bits per heavy atom. The second-order valence-corrected chi connectivity index (χ2v) is 13.4. The molecule has 8 heavy (non-hydrogen) atoms. The molecule has 4 heteroatoms. The first kappa shape index (κ1) is 5.87. The van der Waals surface area contributed by atoms with E-state index in [0.717, 1.165) is 11.7 Å². The summed E-state index contributed by atoms with van der Waals surface area (Å²) in [5, 5.41) is 1.11. The van der Waals surface area contributed by atoms with E-state index in [9.17, 15) is 0 Å². The van der Waals surface area contributed by atoms with Crippen molar-refractivity contribution in [3.8, 4) is 0 Å². The van der Waals surface area contributed by atoms with Crippen molar-refractivity contribution in [2.75, 3.05) is 6.61 Å². The molecule has 0 aromatic carbocycles. The van der Waals surface area contributed by atoms with Gasteiger partial charge in [0.25, 0.3) is 0 Å². The van der Waals surface area contributed by atoms with Gasteiger partial charge < -0.3 is 4.52 Å². The van der Waals surface area contributed by atoms with E-state index in [1.165, 1.54) is 14.7 Å². The molecule has 3 unspecified atom stereocenters. The van der Waals surface area contributed by atoms with E-state index in [2.05, 4.69) is 6.92 Å². The summed E-state index contributed by atoms with van der Waals surface area (Å²) in [6.45, 7) is 2.70. The van der Waals surface area contributed by atoms with Crippen LogP contribution in [0.4, 0.5) is 0 Å². The maximum Gasteiger partial charge on any atom is 0.0758 e. The van der Waals surface area contributed by atoms with E-state index in [1.807, 2.05) is 0 Å². The summed E-state index contributed by atoms with van der Waals surface area (Å²) < 4.78 is 5.67. The highest BCUT2D eigenvalue weighted by atomic mass is 32.4. The SMILES string of the molecule is CCCOP12=PC1P2. The zero-order valence-corrected chi connectivity index (χ0v) is 7.58. The lowest BCUT2D eigenvalue weighted by Crippen LogP contribution is -1.77. The third-order valence-corrected chi connectivity index (χ3v) is 15.2. The lowest BCUT2D eigenvalue weighted by Gasteiger charge is -1.95. The predicted octanol–water partition coefficient (Wildman–Crippen LogP) is 3.11. The highest BCUT2D eigenvalue weighted by molar-refractivity contribution is 8.70. The van der Waals surface area contributed by atoms with Crippen LogP contribution >= 0.6 is 22.6 Å². The second-order valence-electron chi connectivity index (χ2n) is 2.07. The van der Waals surface area contributed by atoms with Crippen LogP contribution in [0.15, 0.2) is 0 Å². The zero-order valence-electron chi connectivity index (χ0n) is 4.79. The van der Waals surface area contributed by atoms with E-state index >= 15 is 0 Å². The van der Waals surface area contributed by atoms with Crippen molar-refractivity contribution in [2.45, 2.75) is 18.5 Å². The molecule has 0 amide bonds.